The molecule has 0 bridgehead atoms. The van der Waals surface area contributed by atoms with E-state index in [2.05, 4.69) is 27.7 Å². The lowest BCUT2D eigenvalue weighted by Gasteiger charge is -2.20. The molecule has 0 unspecified atom stereocenters. The van der Waals surface area contributed by atoms with E-state index in [1.165, 1.54) is 19.3 Å². The van der Waals surface area contributed by atoms with Gasteiger partial charge in [-0.2, -0.15) is 0 Å². The maximum Gasteiger partial charge on any atom is -0.0357 e. The van der Waals surface area contributed by atoms with Crippen molar-refractivity contribution in [2.45, 2.75) is 47.0 Å². The van der Waals surface area contributed by atoms with Crippen LogP contribution in [0.1, 0.15) is 47.0 Å². The molecule has 0 aromatic heterocycles. The van der Waals surface area contributed by atoms with Crippen LogP contribution in [0.4, 0.5) is 0 Å². The fourth-order valence-electron chi connectivity index (χ4n) is 0.854. The monoisotopic (exact) mass is 131 g/mol. The molecule has 58 valence electrons. The average molecular weight is 131 g/mol. The molecule has 0 aromatic rings. The summed E-state index contributed by atoms with van der Waals surface area (Å²) in [5.41, 5.74) is 0.592. The molecule has 0 aliphatic heterocycles. The molecule has 0 aliphatic carbocycles. The van der Waals surface area contributed by atoms with Crippen molar-refractivity contribution in [2.24, 2.45) is 5.41 Å². The average Bonchev–Trinajstić information content (AvgIpc) is 1.67. The summed E-state index contributed by atoms with van der Waals surface area (Å²) in [5.74, 6) is 0. The molecule has 0 rings (SSSR count). The van der Waals surface area contributed by atoms with Crippen molar-refractivity contribution in [1.29, 1.82) is 0 Å². The lowest BCUT2D eigenvalue weighted by Crippen LogP contribution is -2.07. The first-order valence-electron chi connectivity index (χ1n) is 3.62. The summed E-state index contributed by atoms with van der Waals surface area (Å²) in [6, 6.07) is 0. The van der Waals surface area contributed by atoms with E-state index in [0.717, 1.165) is 0 Å². The van der Waals surface area contributed by atoms with Crippen LogP contribution in [0.3, 0.4) is 0 Å². The van der Waals surface area contributed by atoms with Gasteiger partial charge >= 0.3 is 0 Å². The van der Waals surface area contributed by atoms with Crippen molar-refractivity contribution in [3.63, 3.8) is 0 Å². The Labute approximate surface area is 59.4 Å². The van der Waals surface area contributed by atoms with E-state index in [1.54, 1.807) is 0 Å². The molecule has 0 aliphatic rings. The smallest absolute Gasteiger partial charge is 0.0357 e. The van der Waals surface area contributed by atoms with Gasteiger partial charge in [0.05, 0.1) is 0 Å². The van der Waals surface area contributed by atoms with Crippen LogP contribution < -0.4 is 6.15 Å². The largest absolute Gasteiger partial charge is 0.344 e. The summed E-state index contributed by atoms with van der Waals surface area (Å²) in [5, 5.41) is 0. The van der Waals surface area contributed by atoms with E-state index in [0.29, 0.717) is 5.41 Å². The quantitative estimate of drug-likeness (QED) is 0.626. The number of hydrogen-bond acceptors (Lipinski definition) is 1. The molecule has 1 nitrogen and oxygen atoms in total. The molecule has 9 heavy (non-hydrogen) atoms. The Morgan fingerprint density at radius 1 is 1.11 bits per heavy atom. The Hall–Kier alpha value is -0.0400. The lowest BCUT2D eigenvalue weighted by molar-refractivity contribution is 0.319. The van der Waals surface area contributed by atoms with E-state index >= 15 is 0 Å². The van der Waals surface area contributed by atoms with Gasteiger partial charge in [-0.1, -0.05) is 40.5 Å². The van der Waals surface area contributed by atoms with E-state index in [4.69, 9.17) is 0 Å². The molecule has 3 N–H and O–H groups in total. The van der Waals surface area contributed by atoms with Crippen LogP contribution in [-0.2, 0) is 0 Å². The van der Waals surface area contributed by atoms with Crippen LogP contribution in [0.2, 0.25) is 0 Å². The Bertz CT molecular complexity index is 57.6. The summed E-state index contributed by atoms with van der Waals surface area (Å²) >= 11 is 0. The SMILES string of the molecule is CCCC(C)(C)CC.N. The number of hydrogen-bond donors (Lipinski definition) is 1. The van der Waals surface area contributed by atoms with Crippen LogP contribution in [0, 0.1) is 5.41 Å². The minimum Gasteiger partial charge on any atom is -0.344 e. The molecular formula is C8H21N. The predicted octanol–water partition coefficient (Wildman–Crippen LogP) is 3.38. The van der Waals surface area contributed by atoms with Crippen LogP contribution in [-0.4, -0.2) is 0 Å². The third kappa shape index (κ3) is 5.84. The Kier molecular flexibility index (Phi) is 6.25. The second-order valence-corrected chi connectivity index (χ2v) is 3.27. The highest BCUT2D eigenvalue weighted by Gasteiger charge is 2.11. The zero-order chi connectivity index (χ0) is 6.62. The van der Waals surface area contributed by atoms with Crippen molar-refractivity contribution in [2.75, 3.05) is 0 Å². The molecule has 1 heteroatoms. The van der Waals surface area contributed by atoms with Gasteiger partial charge < -0.3 is 6.15 Å². The van der Waals surface area contributed by atoms with Crippen LogP contribution in [0.25, 0.3) is 0 Å². The minimum absolute atomic E-state index is 0. The topological polar surface area (TPSA) is 35.0 Å². The molecule has 0 spiro atoms. The Balaban J connectivity index is 0. The fourth-order valence-corrected chi connectivity index (χ4v) is 0.854. The van der Waals surface area contributed by atoms with Gasteiger partial charge in [-0.15, -0.1) is 0 Å². The highest BCUT2D eigenvalue weighted by Crippen LogP contribution is 2.25. The Morgan fingerprint density at radius 3 is 1.67 bits per heavy atom. The normalized spacial score (nSPS) is 10.7. The van der Waals surface area contributed by atoms with Gasteiger partial charge in [0, 0.05) is 0 Å². The second kappa shape index (κ2) is 4.80. The first-order chi connectivity index (χ1) is 3.62. The predicted molar refractivity (Wildman–Crippen MR) is 44.0 cm³/mol. The molecule has 0 amide bonds. The third-order valence-electron chi connectivity index (χ3n) is 1.88. The van der Waals surface area contributed by atoms with Gasteiger partial charge in [0.1, 0.15) is 0 Å². The van der Waals surface area contributed by atoms with Crippen molar-refractivity contribution in [1.82, 2.24) is 6.15 Å². The van der Waals surface area contributed by atoms with Crippen LogP contribution in [0.15, 0.2) is 0 Å². The van der Waals surface area contributed by atoms with Gasteiger partial charge in [0.25, 0.3) is 0 Å². The maximum absolute atomic E-state index is 2.33. The van der Waals surface area contributed by atoms with E-state index in [9.17, 15) is 0 Å². The third-order valence-corrected chi connectivity index (χ3v) is 1.88. The zero-order valence-corrected chi connectivity index (χ0v) is 7.33. The molecule has 0 aromatic carbocycles. The highest BCUT2D eigenvalue weighted by molar-refractivity contribution is 4.63. The first kappa shape index (κ1) is 11.7. The Morgan fingerprint density at radius 2 is 1.56 bits per heavy atom. The maximum atomic E-state index is 2.33. The van der Waals surface area contributed by atoms with Gasteiger partial charge in [-0.05, 0) is 11.8 Å². The summed E-state index contributed by atoms with van der Waals surface area (Å²) in [6.07, 6.45) is 3.99. The molecule has 0 atom stereocenters. The van der Waals surface area contributed by atoms with Gasteiger partial charge in [-0.3, -0.25) is 0 Å². The van der Waals surface area contributed by atoms with E-state index in [-0.39, 0.29) is 6.15 Å². The van der Waals surface area contributed by atoms with E-state index < -0.39 is 0 Å². The fraction of sp³-hybridized carbons (Fsp3) is 1.00. The summed E-state index contributed by atoms with van der Waals surface area (Å²) in [4.78, 5) is 0. The zero-order valence-electron chi connectivity index (χ0n) is 7.33. The van der Waals surface area contributed by atoms with Gasteiger partial charge in [-0.25, -0.2) is 0 Å². The highest BCUT2D eigenvalue weighted by atomic mass is 14.2. The molecule has 0 fully saturated rings. The van der Waals surface area contributed by atoms with Crippen molar-refractivity contribution >= 4 is 0 Å². The minimum atomic E-state index is 0. The lowest BCUT2D eigenvalue weighted by atomic mass is 9.86. The van der Waals surface area contributed by atoms with Crippen molar-refractivity contribution in [3.05, 3.63) is 0 Å². The molecule has 0 saturated heterocycles. The van der Waals surface area contributed by atoms with Crippen molar-refractivity contribution < 1.29 is 0 Å². The second-order valence-electron chi connectivity index (χ2n) is 3.27. The van der Waals surface area contributed by atoms with Crippen LogP contribution in [0.5, 0.6) is 0 Å². The van der Waals surface area contributed by atoms with Crippen LogP contribution >= 0.6 is 0 Å². The summed E-state index contributed by atoms with van der Waals surface area (Å²) in [7, 11) is 0. The summed E-state index contributed by atoms with van der Waals surface area (Å²) in [6.45, 7) is 9.17. The van der Waals surface area contributed by atoms with Crippen molar-refractivity contribution in [3.8, 4) is 0 Å². The number of rotatable bonds is 3. The first-order valence-corrected chi connectivity index (χ1v) is 3.62. The molecular weight excluding hydrogens is 110 g/mol. The van der Waals surface area contributed by atoms with Gasteiger partial charge in [0.2, 0.25) is 0 Å². The van der Waals surface area contributed by atoms with E-state index in [1.807, 2.05) is 0 Å². The summed E-state index contributed by atoms with van der Waals surface area (Å²) < 4.78 is 0. The standard InChI is InChI=1S/C8H18.H3N/c1-5-7-8(3,4)6-2;/h5-7H2,1-4H3;1H3. The molecule has 0 radical (unpaired) electrons. The molecule has 0 heterocycles. The van der Waals surface area contributed by atoms with Gasteiger partial charge in [0.15, 0.2) is 0 Å². The molecule has 0 saturated carbocycles.